The number of H-pyrrole nitrogens is 1. The Kier molecular flexibility index (Phi) is 5.02. The molecule has 5 nitrogen and oxygen atoms in total. The van der Waals surface area contributed by atoms with Crippen molar-refractivity contribution in [3.05, 3.63) is 23.2 Å². The van der Waals surface area contributed by atoms with Crippen molar-refractivity contribution >= 4 is 40.3 Å². The second-order valence-corrected chi connectivity index (χ2v) is 7.55. The fourth-order valence-corrected chi connectivity index (χ4v) is 4.12. The predicted octanol–water partition coefficient (Wildman–Crippen LogP) is 3.99. The van der Waals surface area contributed by atoms with Crippen LogP contribution in [-0.2, 0) is 4.79 Å². The molecule has 7 heteroatoms. The van der Waals surface area contributed by atoms with E-state index >= 15 is 0 Å². The molecule has 1 aliphatic rings. The molecule has 0 bridgehead atoms. The Bertz CT molecular complexity index is 791. The molecule has 0 radical (unpaired) electrons. The van der Waals surface area contributed by atoms with Gasteiger partial charge in [0.05, 0.1) is 22.9 Å². The Morgan fingerprint density at radius 1 is 1.46 bits per heavy atom. The van der Waals surface area contributed by atoms with Gasteiger partial charge in [0.25, 0.3) is 0 Å². The first-order valence-corrected chi connectivity index (χ1v) is 9.36. The van der Waals surface area contributed by atoms with Crippen molar-refractivity contribution in [3.8, 4) is 6.07 Å². The maximum atomic E-state index is 12.5. The van der Waals surface area contributed by atoms with Gasteiger partial charge in [-0.1, -0.05) is 42.6 Å². The molecule has 1 amide bonds. The van der Waals surface area contributed by atoms with Crippen molar-refractivity contribution in [3.63, 3.8) is 0 Å². The molecular formula is C17H19ClN4OS. The molecular weight excluding hydrogens is 344 g/mol. The highest BCUT2D eigenvalue weighted by Crippen LogP contribution is 2.33. The van der Waals surface area contributed by atoms with E-state index in [1.165, 1.54) is 11.8 Å². The lowest BCUT2D eigenvalue weighted by Crippen LogP contribution is -2.50. The summed E-state index contributed by atoms with van der Waals surface area (Å²) in [6.07, 6.45) is 4.67. The highest BCUT2D eigenvalue weighted by atomic mass is 35.5. The van der Waals surface area contributed by atoms with E-state index in [4.69, 9.17) is 11.6 Å². The van der Waals surface area contributed by atoms with Crippen LogP contribution in [0.5, 0.6) is 0 Å². The zero-order valence-electron chi connectivity index (χ0n) is 13.5. The predicted molar refractivity (Wildman–Crippen MR) is 96.0 cm³/mol. The number of benzene rings is 1. The van der Waals surface area contributed by atoms with Crippen LogP contribution in [0, 0.1) is 11.3 Å². The molecule has 1 fully saturated rings. The van der Waals surface area contributed by atoms with E-state index < -0.39 is 5.54 Å². The first-order valence-electron chi connectivity index (χ1n) is 8.00. The molecule has 1 N–H and O–H groups in total. The van der Waals surface area contributed by atoms with Crippen molar-refractivity contribution in [1.29, 1.82) is 5.26 Å². The standard InChI is InChI=1S/C17H19ClN4OS/c1-22(17(11-19)7-3-2-4-8-17)15(23)10-24-16-20-13-6-5-12(18)9-14(13)21-16/h5-6,9H,2-4,7-8,10H2,1H3,(H,20,21). The zero-order chi connectivity index (χ0) is 17.2. The molecule has 0 saturated heterocycles. The molecule has 3 rings (SSSR count). The topological polar surface area (TPSA) is 72.8 Å². The van der Waals surface area contributed by atoms with Gasteiger partial charge in [-0.2, -0.15) is 5.26 Å². The first kappa shape index (κ1) is 17.1. The van der Waals surface area contributed by atoms with Crippen molar-refractivity contribution < 1.29 is 4.79 Å². The van der Waals surface area contributed by atoms with Gasteiger partial charge in [0.15, 0.2) is 5.16 Å². The van der Waals surface area contributed by atoms with E-state index in [0.29, 0.717) is 10.2 Å². The van der Waals surface area contributed by atoms with Crippen molar-refractivity contribution in [1.82, 2.24) is 14.9 Å². The summed E-state index contributed by atoms with van der Waals surface area (Å²) in [6.45, 7) is 0. The summed E-state index contributed by atoms with van der Waals surface area (Å²) in [5.41, 5.74) is 1.03. The SMILES string of the molecule is CN(C(=O)CSc1nc2ccc(Cl)cc2[nH]1)C1(C#N)CCCCC1. The van der Waals surface area contributed by atoms with E-state index in [0.717, 1.165) is 43.1 Å². The fourth-order valence-electron chi connectivity index (χ4n) is 3.15. The Hall–Kier alpha value is -1.71. The number of rotatable bonds is 4. The third-order valence-electron chi connectivity index (χ3n) is 4.66. The minimum absolute atomic E-state index is 0.0399. The maximum Gasteiger partial charge on any atom is 0.234 e. The number of hydrogen-bond acceptors (Lipinski definition) is 4. The lowest BCUT2D eigenvalue weighted by atomic mass is 9.81. The number of thioether (sulfide) groups is 1. The number of carbonyl (C=O) groups is 1. The van der Waals surface area contributed by atoms with Gasteiger partial charge in [-0.15, -0.1) is 0 Å². The minimum Gasteiger partial charge on any atom is -0.333 e. The molecule has 0 unspecified atom stereocenters. The van der Waals surface area contributed by atoms with Crippen LogP contribution in [0.4, 0.5) is 0 Å². The molecule has 2 aromatic rings. The van der Waals surface area contributed by atoms with Gasteiger partial charge in [0, 0.05) is 12.1 Å². The number of fused-ring (bicyclic) bond motifs is 1. The fraction of sp³-hybridized carbons (Fsp3) is 0.471. The third kappa shape index (κ3) is 3.38. The van der Waals surface area contributed by atoms with E-state index in [2.05, 4.69) is 16.0 Å². The summed E-state index contributed by atoms with van der Waals surface area (Å²) < 4.78 is 0. The molecule has 24 heavy (non-hydrogen) atoms. The average Bonchev–Trinajstić information content (AvgIpc) is 3.01. The van der Waals surface area contributed by atoms with E-state index in [1.807, 2.05) is 12.1 Å². The van der Waals surface area contributed by atoms with Crippen molar-refractivity contribution in [2.75, 3.05) is 12.8 Å². The summed E-state index contributed by atoms with van der Waals surface area (Å²) in [4.78, 5) is 21.8. The highest BCUT2D eigenvalue weighted by molar-refractivity contribution is 7.99. The average molecular weight is 363 g/mol. The van der Waals surface area contributed by atoms with Gasteiger partial charge in [-0.25, -0.2) is 4.98 Å². The monoisotopic (exact) mass is 362 g/mol. The molecule has 1 aliphatic carbocycles. The number of nitriles is 1. The third-order valence-corrected chi connectivity index (χ3v) is 5.75. The number of aromatic amines is 1. The number of imidazole rings is 1. The molecule has 126 valence electrons. The molecule has 1 saturated carbocycles. The number of amides is 1. The minimum atomic E-state index is -0.642. The van der Waals surface area contributed by atoms with Gasteiger partial charge in [0.1, 0.15) is 5.54 Å². The maximum absolute atomic E-state index is 12.5. The number of carbonyl (C=O) groups excluding carboxylic acids is 1. The summed E-state index contributed by atoms with van der Waals surface area (Å²) in [7, 11) is 1.75. The second kappa shape index (κ2) is 7.04. The van der Waals surface area contributed by atoms with Gasteiger partial charge in [-0.05, 0) is 31.0 Å². The van der Waals surface area contributed by atoms with Crippen LogP contribution >= 0.6 is 23.4 Å². The molecule has 0 aliphatic heterocycles. The Labute approximate surface area is 150 Å². The number of nitrogens with one attached hydrogen (secondary N) is 1. The quantitative estimate of drug-likeness (QED) is 0.834. The Morgan fingerprint density at radius 3 is 2.92 bits per heavy atom. The van der Waals surface area contributed by atoms with Gasteiger partial charge >= 0.3 is 0 Å². The molecule has 0 spiro atoms. The summed E-state index contributed by atoms with van der Waals surface area (Å²) in [5, 5.41) is 10.9. The highest BCUT2D eigenvalue weighted by Gasteiger charge is 2.38. The van der Waals surface area contributed by atoms with Crippen molar-refractivity contribution in [2.45, 2.75) is 42.8 Å². The number of halogens is 1. The summed E-state index contributed by atoms with van der Waals surface area (Å²) >= 11 is 7.32. The van der Waals surface area contributed by atoms with Crippen LogP contribution in [0.1, 0.15) is 32.1 Å². The number of nitrogens with zero attached hydrogens (tertiary/aromatic N) is 3. The van der Waals surface area contributed by atoms with E-state index in [9.17, 15) is 10.1 Å². The van der Waals surface area contributed by atoms with Crippen LogP contribution in [0.3, 0.4) is 0 Å². The van der Waals surface area contributed by atoms with E-state index in [1.54, 1.807) is 18.0 Å². The molecule has 1 heterocycles. The summed E-state index contributed by atoms with van der Waals surface area (Å²) in [5.74, 6) is 0.218. The van der Waals surface area contributed by atoms with Crippen LogP contribution in [-0.4, -0.2) is 39.1 Å². The van der Waals surface area contributed by atoms with Crippen LogP contribution < -0.4 is 0 Å². The number of aromatic nitrogens is 2. The molecule has 1 aromatic heterocycles. The largest absolute Gasteiger partial charge is 0.333 e. The van der Waals surface area contributed by atoms with Gasteiger partial charge < -0.3 is 9.88 Å². The lowest BCUT2D eigenvalue weighted by Gasteiger charge is -2.39. The Morgan fingerprint density at radius 2 is 2.21 bits per heavy atom. The Balaban J connectivity index is 1.66. The smallest absolute Gasteiger partial charge is 0.234 e. The second-order valence-electron chi connectivity index (χ2n) is 6.15. The van der Waals surface area contributed by atoms with Crippen LogP contribution in [0.15, 0.2) is 23.4 Å². The first-order chi connectivity index (χ1) is 11.5. The normalized spacial score (nSPS) is 16.7. The number of hydrogen-bond donors (Lipinski definition) is 1. The molecule has 1 aromatic carbocycles. The van der Waals surface area contributed by atoms with Gasteiger partial charge in [0.2, 0.25) is 5.91 Å². The molecule has 0 atom stereocenters. The van der Waals surface area contributed by atoms with Crippen LogP contribution in [0.2, 0.25) is 5.02 Å². The summed E-state index contributed by atoms with van der Waals surface area (Å²) in [6, 6.07) is 7.83. The van der Waals surface area contributed by atoms with E-state index in [-0.39, 0.29) is 11.7 Å². The lowest BCUT2D eigenvalue weighted by molar-refractivity contribution is -0.131. The van der Waals surface area contributed by atoms with Gasteiger partial charge in [-0.3, -0.25) is 4.79 Å². The van der Waals surface area contributed by atoms with Crippen molar-refractivity contribution in [2.24, 2.45) is 0 Å². The zero-order valence-corrected chi connectivity index (χ0v) is 15.1. The van der Waals surface area contributed by atoms with Crippen LogP contribution in [0.25, 0.3) is 11.0 Å².